The summed E-state index contributed by atoms with van der Waals surface area (Å²) in [7, 11) is -0.431. The molecule has 1 fully saturated rings. The van der Waals surface area contributed by atoms with Gasteiger partial charge in [0, 0.05) is 11.2 Å². The summed E-state index contributed by atoms with van der Waals surface area (Å²) in [5.41, 5.74) is 1.06. The molecule has 0 saturated carbocycles. The molecule has 2 rings (SSSR count). The van der Waals surface area contributed by atoms with Crippen molar-refractivity contribution < 1.29 is 14.0 Å². The van der Waals surface area contributed by atoms with Crippen LogP contribution in [0.3, 0.4) is 0 Å². The van der Waals surface area contributed by atoms with Gasteiger partial charge in [-0.3, -0.25) is 0 Å². The third-order valence-corrected chi connectivity index (χ3v) is 3.82. The van der Waals surface area contributed by atoms with E-state index in [4.69, 9.17) is 14.0 Å². The highest BCUT2D eigenvalue weighted by Crippen LogP contribution is 2.37. The van der Waals surface area contributed by atoms with Crippen LogP contribution < -0.4 is 10.2 Å². The summed E-state index contributed by atoms with van der Waals surface area (Å²) in [5, 5.41) is 0. The largest absolute Gasteiger partial charge is 0.500 e. The fraction of sp³-hybridized carbons (Fsp3) is 0.643. The molecule has 4 nitrogen and oxygen atoms in total. The van der Waals surface area contributed by atoms with Crippen molar-refractivity contribution in [1.82, 2.24) is 4.98 Å². The van der Waals surface area contributed by atoms with E-state index in [2.05, 4.69) is 4.98 Å². The van der Waals surface area contributed by atoms with Gasteiger partial charge in [0.05, 0.1) is 17.8 Å². The second-order valence-corrected chi connectivity index (χ2v) is 5.87. The molecule has 104 valence electrons. The first-order chi connectivity index (χ1) is 8.77. The van der Waals surface area contributed by atoms with Gasteiger partial charge in [0.15, 0.2) is 0 Å². The molecule has 19 heavy (non-hydrogen) atoms. The summed E-state index contributed by atoms with van der Waals surface area (Å²) < 4.78 is 17.7. The van der Waals surface area contributed by atoms with Gasteiger partial charge in [0.1, 0.15) is 0 Å². The highest BCUT2D eigenvalue weighted by atomic mass is 16.7. The fourth-order valence-corrected chi connectivity index (χ4v) is 1.95. The Hall–Kier alpha value is -1.07. The van der Waals surface area contributed by atoms with Gasteiger partial charge in [0.2, 0.25) is 5.88 Å². The Kier molecular flexibility index (Phi) is 3.62. The normalized spacial score (nSPS) is 20.6. The Morgan fingerprint density at radius 2 is 1.74 bits per heavy atom. The topological polar surface area (TPSA) is 40.6 Å². The zero-order valence-corrected chi connectivity index (χ0v) is 12.6. The molecule has 0 atom stereocenters. The number of hydrogen-bond donors (Lipinski definition) is 0. The summed E-state index contributed by atoms with van der Waals surface area (Å²) in [5.74, 6) is 0.598. The summed E-state index contributed by atoms with van der Waals surface area (Å²) in [4.78, 5) is 4.42. The quantitative estimate of drug-likeness (QED) is 0.783. The van der Waals surface area contributed by atoms with Gasteiger partial charge in [-0.2, -0.15) is 0 Å². The molecule has 2 heterocycles. The fourth-order valence-electron chi connectivity index (χ4n) is 1.95. The molecule has 1 aliphatic rings. The summed E-state index contributed by atoms with van der Waals surface area (Å²) in [6.07, 6.45) is 0. The van der Waals surface area contributed by atoms with E-state index >= 15 is 0 Å². The van der Waals surface area contributed by atoms with Crippen molar-refractivity contribution in [3.63, 3.8) is 0 Å². The lowest BCUT2D eigenvalue weighted by Gasteiger charge is -2.32. The second kappa shape index (κ2) is 4.80. The molecular formula is C14H22BNO3. The first-order valence-electron chi connectivity index (χ1n) is 6.73. The molecule has 0 amide bonds. The molecule has 1 aromatic rings. The van der Waals surface area contributed by atoms with Crippen LogP contribution in [0, 0.1) is 6.92 Å². The lowest BCUT2D eigenvalue weighted by atomic mass is 9.79. The van der Waals surface area contributed by atoms with Crippen LogP contribution in [0.15, 0.2) is 12.1 Å². The first kappa shape index (κ1) is 14.3. The molecule has 5 heteroatoms. The van der Waals surface area contributed by atoms with Crippen LogP contribution in [0.1, 0.15) is 40.3 Å². The minimum atomic E-state index is -0.431. The van der Waals surface area contributed by atoms with Crippen LogP contribution >= 0.6 is 0 Å². The summed E-state index contributed by atoms with van der Waals surface area (Å²) in [6, 6.07) is 3.92. The number of hydrogen-bond acceptors (Lipinski definition) is 4. The third kappa shape index (κ3) is 2.62. The van der Waals surface area contributed by atoms with Crippen LogP contribution in [0.2, 0.25) is 0 Å². The van der Waals surface area contributed by atoms with E-state index < -0.39 is 7.12 Å². The third-order valence-electron chi connectivity index (χ3n) is 3.82. The standard InChI is InChI=1S/C14H22BNO3/c1-7-17-12-11(9-8-10(2)16-12)15-18-13(3,4)14(5,6)19-15/h8-9H,7H2,1-6H3. The highest BCUT2D eigenvalue weighted by molar-refractivity contribution is 6.63. The van der Waals surface area contributed by atoms with Gasteiger partial charge >= 0.3 is 7.12 Å². The van der Waals surface area contributed by atoms with E-state index in [1.54, 1.807) is 0 Å². The number of ether oxygens (including phenoxy) is 1. The van der Waals surface area contributed by atoms with Crippen molar-refractivity contribution in [2.45, 2.75) is 52.7 Å². The van der Waals surface area contributed by atoms with Crippen molar-refractivity contribution in [3.05, 3.63) is 17.8 Å². The Morgan fingerprint density at radius 3 is 2.26 bits per heavy atom. The zero-order valence-electron chi connectivity index (χ0n) is 12.6. The van der Waals surface area contributed by atoms with Crippen LogP contribution in [-0.2, 0) is 9.31 Å². The highest BCUT2D eigenvalue weighted by Gasteiger charge is 2.52. The predicted molar refractivity (Wildman–Crippen MR) is 75.9 cm³/mol. The molecule has 0 aliphatic carbocycles. The van der Waals surface area contributed by atoms with Crippen molar-refractivity contribution in [2.75, 3.05) is 6.61 Å². The monoisotopic (exact) mass is 263 g/mol. The Bertz CT molecular complexity index is 458. The molecule has 0 N–H and O–H groups in total. The summed E-state index contributed by atoms with van der Waals surface area (Å²) in [6.45, 7) is 12.6. The molecule has 1 aromatic heterocycles. The minimum absolute atomic E-state index is 0.355. The van der Waals surface area contributed by atoms with E-state index in [1.165, 1.54) is 0 Å². The van der Waals surface area contributed by atoms with E-state index in [-0.39, 0.29) is 11.2 Å². The van der Waals surface area contributed by atoms with Gasteiger partial charge < -0.3 is 14.0 Å². The van der Waals surface area contributed by atoms with Crippen molar-refractivity contribution >= 4 is 12.6 Å². The van der Waals surface area contributed by atoms with Crippen LogP contribution in [0.5, 0.6) is 5.88 Å². The van der Waals surface area contributed by atoms with Crippen molar-refractivity contribution in [2.24, 2.45) is 0 Å². The molecule has 0 radical (unpaired) electrons. The molecule has 0 spiro atoms. The maximum atomic E-state index is 6.03. The first-order valence-corrected chi connectivity index (χ1v) is 6.73. The van der Waals surface area contributed by atoms with Gasteiger partial charge in [-0.1, -0.05) is 6.07 Å². The molecule has 1 aliphatic heterocycles. The average Bonchev–Trinajstić information content (AvgIpc) is 2.48. The van der Waals surface area contributed by atoms with Crippen LogP contribution in [0.25, 0.3) is 0 Å². The zero-order chi connectivity index (χ0) is 14.3. The maximum Gasteiger partial charge on any atom is 0.500 e. The maximum absolute atomic E-state index is 6.03. The van der Waals surface area contributed by atoms with Gasteiger partial charge in [-0.15, -0.1) is 0 Å². The molecule has 0 aromatic carbocycles. The Labute approximate surface area is 115 Å². The van der Waals surface area contributed by atoms with Crippen LogP contribution in [-0.4, -0.2) is 29.9 Å². The van der Waals surface area contributed by atoms with E-state index in [0.29, 0.717) is 12.5 Å². The lowest BCUT2D eigenvalue weighted by Crippen LogP contribution is -2.41. The van der Waals surface area contributed by atoms with Gasteiger partial charge in [-0.25, -0.2) is 4.98 Å². The number of pyridine rings is 1. The Balaban J connectivity index is 2.34. The molecule has 0 unspecified atom stereocenters. The van der Waals surface area contributed by atoms with Crippen molar-refractivity contribution in [1.29, 1.82) is 0 Å². The number of nitrogens with zero attached hydrogens (tertiary/aromatic N) is 1. The van der Waals surface area contributed by atoms with Gasteiger partial charge in [-0.05, 0) is 47.6 Å². The minimum Gasteiger partial charge on any atom is -0.478 e. The average molecular weight is 263 g/mol. The van der Waals surface area contributed by atoms with E-state index in [1.807, 2.05) is 53.7 Å². The molecule has 0 bridgehead atoms. The number of aromatic nitrogens is 1. The smallest absolute Gasteiger partial charge is 0.478 e. The van der Waals surface area contributed by atoms with Crippen LogP contribution in [0.4, 0.5) is 0 Å². The van der Waals surface area contributed by atoms with Crippen molar-refractivity contribution in [3.8, 4) is 5.88 Å². The summed E-state index contributed by atoms with van der Waals surface area (Å²) >= 11 is 0. The molecule has 1 saturated heterocycles. The second-order valence-electron chi connectivity index (χ2n) is 5.87. The Morgan fingerprint density at radius 1 is 1.16 bits per heavy atom. The van der Waals surface area contributed by atoms with E-state index in [9.17, 15) is 0 Å². The number of rotatable bonds is 3. The molecular weight excluding hydrogens is 241 g/mol. The van der Waals surface area contributed by atoms with E-state index in [0.717, 1.165) is 11.2 Å². The lowest BCUT2D eigenvalue weighted by molar-refractivity contribution is 0.00578. The number of aryl methyl sites for hydroxylation is 1. The predicted octanol–water partition coefficient (Wildman–Crippen LogP) is 2.09. The SMILES string of the molecule is CCOc1nc(C)ccc1B1OC(C)(C)C(C)(C)O1. The van der Waals surface area contributed by atoms with Gasteiger partial charge in [0.25, 0.3) is 0 Å².